The van der Waals surface area contributed by atoms with Crippen molar-refractivity contribution in [2.45, 2.75) is 25.8 Å². The number of quaternary nitrogens is 1. The van der Waals surface area contributed by atoms with Crippen LogP contribution in [-0.2, 0) is 20.7 Å². The number of anilines is 1. The maximum atomic E-state index is 12.8. The van der Waals surface area contributed by atoms with E-state index in [0.717, 1.165) is 11.9 Å². The molecule has 2 aromatic carbocycles. The number of carbonyl (C=O) groups excluding carboxylic acids is 3. The lowest BCUT2D eigenvalue weighted by Crippen LogP contribution is -2.92. The molecule has 0 unspecified atom stereocenters. The molecule has 154 valence electrons. The minimum absolute atomic E-state index is 0.173. The van der Waals surface area contributed by atoms with Crippen LogP contribution in [0.1, 0.15) is 29.3 Å². The van der Waals surface area contributed by atoms with E-state index < -0.39 is 12.0 Å². The molecule has 1 atom stereocenters. The number of aromatic amines is 1. The summed E-state index contributed by atoms with van der Waals surface area (Å²) in [6.45, 7) is 2.74. The van der Waals surface area contributed by atoms with E-state index in [1.807, 2.05) is 29.7 Å². The molecule has 1 aliphatic heterocycles. The van der Waals surface area contributed by atoms with Crippen LogP contribution < -0.4 is 10.2 Å². The number of benzene rings is 2. The topological polar surface area (TPSA) is 96.1 Å². The van der Waals surface area contributed by atoms with Crippen LogP contribution in [0.4, 0.5) is 5.69 Å². The molecule has 1 aromatic heterocycles. The average molecular weight is 406 g/mol. The van der Waals surface area contributed by atoms with Crippen molar-refractivity contribution in [3.05, 3.63) is 65.9 Å². The van der Waals surface area contributed by atoms with Crippen molar-refractivity contribution in [2.24, 2.45) is 0 Å². The van der Waals surface area contributed by atoms with Gasteiger partial charge in [-0.1, -0.05) is 18.2 Å². The van der Waals surface area contributed by atoms with E-state index in [9.17, 15) is 14.4 Å². The summed E-state index contributed by atoms with van der Waals surface area (Å²) in [5, 5.41) is 3.12. The van der Waals surface area contributed by atoms with Gasteiger partial charge in [-0.2, -0.15) is 0 Å². The smallest absolute Gasteiger partial charge is 0.338 e. The van der Waals surface area contributed by atoms with E-state index in [1.54, 1.807) is 31.2 Å². The van der Waals surface area contributed by atoms with Gasteiger partial charge in [0, 0.05) is 23.5 Å². The number of H-pyrrole nitrogens is 1. The third-order valence-corrected chi connectivity index (χ3v) is 5.36. The Kier molecular flexibility index (Phi) is 5.63. The summed E-state index contributed by atoms with van der Waals surface area (Å²) in [5.74, 6) is -0.869. The monoisotopic (exact) mass is 406 g/mol. The summed E-state index contributed by atoms with van der Waals surface area (Å²) >= 11 is 0. The van der Waals surface area contributed by atoms with Crippen molar-refractivity contribution in [2.75, 3.05) is 18.1 Å². The number of carbonyl (C=O) groups is 3. The fourth-order valence-electron chi connectivity index (χ4n) is 3.85. The van der Waals surface area contributed by atoms with Gasteiger partial charge in [-0.15, -0.1) is 0 Å². The maximum Gasteiger partial charge on any atom is 0.338 e. The van der Waals surface area contributed by atoms with Crippen LogP contribution in [0.3, 0.4) is 0 Å². The first-order valence-corrected chi connectivity index (χ1v) is 10.1. The first kappa shape index (κ1) is 19.8. The number of para-hydroxylation sites is 1. The molecule has 0 aliphatic carbocycles. The van der Waals surface area contributed by atoms with Gasteiger partial charge in [-0.3, -0.25) is 9.59 Å². The van der Waals surface area contributed by atoms with Gasteiger partial charge in [0.15, 0.2) is 6.04 Å². The van der Waals surface area contributed by atoms with Crippen molar-refractivity contribution in [1.82, 2.24) is 4.98 Å². The second-order valence-corrected chi connectivity index (χ2v) is 7.28. The van der Waals surface area contributed by atoms with Crippen LogP contribution in [0.15, 0.2) is 54.7 Å². The second-order valence-electron chi connectivity index (χ2n) is 7.28. The Balaban J connectivity index is 1.38. The number of fused-ring (bicyclic) bond motifs is 1. The van der Waals surface area contributed by atoms with Crippen LogP contribution in [0.2, 0.25) is 0 Å². The van der Waals surface area contributed by atoms with E-state index in [-0.39, 0.29) is 18.2 Å². The van der Waals surface area contributed by atoms with Gasteiger partial charge in [-0.05, 0) is 42.8 Å². The lowest BCUT2D eigenvalue weighted by atomic mass is 10.1. The molecule has 4 rings (SSSR count). The largest absolute Gasteiger partial charge is 0.462 e. The van der Waals surface area contributed by atoms with Crippen LogP contribution >= 0.6 is 0 Å². The molecule has 2 heterocycles. The highest BCUT2D eigenvalue weighted by atomic mass is 16.5. The Labute approximate surface area is 174 Å². The number of nitrogens with zero attached hydrogens (tertiary/aromatic N) is 1. The number of nitrogens with one attached hydrogen (secondary N) is 1. The second kappa shape index (κ2) is 8.51. The van der Waals surface area contributed by atoms with Gasteiger partial charge in [0.2, 0.25) is 5.91 Å². The molecular formula is C23H24N3O4+. The van der Waals surface area contributed by atoms with E-state index >= 15 is 0 Å². The Bertz CT molecular complexity index is 1090. The van der Waals surface area contributed by atoms with Crippen LogP contribution in [-0.4, -0.2) is 42.0 Å². The Morgan fingerprint density at radius 2 is 1.93 bits per heavy atom. The molecular weight excluding hydrogens is 382 g/mol. The molecule has 0 spiro atoms. The standard InChI is InChI=1S/C23H23N3O4/c1-2-30-23(29)15-7-9-17(10-8-15)26-21(27)13-20(22(26)28)24-12-11-16-14-25-19-6-4-3-5-18(16)19/h3-10,14,20,24-25H,2,11-13H2,1H3/p+1/t20-/m0/s1. The van der Waals surface area contributed by atoms with Crippen molar-refractivity contribution in [1.29, 1.82) is 0 Å². The molecule has 3 N–H and O–H groups in total. The number of hydrogen-bond donors (Lipinski definition) is 2. The number of imide groups is 1. The average Bonchev–Trinajstić information content (AvgIpc) is 3.29. The third kappa shape index (κ3) is 3.84. The lowest BCUT2D eigenvalue weighted by Gasteiger charge is -2.14. The molecule has 7 nitrogen and oxygen atoms in total. The third-order valence-electron chi connectivity index (χ3n) is 5.36. The van der Waals surface area contributed by atoms with Crippen LogP contribution in [0.5, 0.6) is 0 Å². The Hall–Kier alpha value is -3.45. The van der Waals surface area contributed by atoms with E-state index in [0.29, 0.717) is 24.4 Å². The zero-order chi connectivity index (χ0) is 21.1. The van der Waals surface area contributed by atoms with E-state index in [4.69, 9.17) is 4.74 Å². The predicted molar refractivity (Wildman–Crippen MR) is 112 cm³/mol. The van der Waals surface area contributed by atoms with Gasteiger partial charge in [0.1, 0.15) is 0 Å². The minimum atomic E-state index is -0.424. The normalized spacial score (nSPS) is 16.4. The molecule has 1 aliphatic rings. The predicted octanol–water partition coefficient (Wildman–Crippen LogP) is 1.78. The number of amides is 2. The van der Waals surface area contributed by atoms with Crippen molar-refractivity contribution >= 4 is 34.4 Å². The maximum absolute atomic E-state index is 12.8. The Morgan fingerprint density at radius 3 is 2.70 bits per heavy atom. The number of nitrogens with two attached hydrogens (primary N) is 1. The van der Waals surface area contributed by atoms with Gasteiger partial charge in [-0.25, -0.2) is 9.69 Å². The highest BCUT2D eigenvalue weighted by molar-refractivity contribution is 6.21. The zero-order valence-corrected chi connectivity index (χ0v) is 16.8. The number of aromatic nitrogens is 1. The fraction of sp³-hybridized carbons (Fsp3) is 0.261. The summed E-state index contributed by atoms with van der Waals surface area (Å²) < 4.78 is 4.96. The zero-order valence-electron chi connectivity index (χ0n) is 16.8. The molecule has 1 saturated heterocycles. The summed E-state index contributed by atoms with van der Waals surface area (Å²) in [7, 11) is 0. The minimum Gasteiger partial charge on any atom is -0.462 e. The highest BCUT2D eigenvalue weighted by Crippen LogP contribution is 2.22. The van der Waals surface area contributed by atoms with Gasteiger partial charge in [0.05, 0.1) is 30.8 Å². The number of esters is 1. The summed E-state index contributed by atoms with van der Waals surface area (Å²) in [6, 6.07) is 14.0. The quantitative estimate of drug-likeness (QED) is 0.462. The van der Waals surface area contributed by atoms with Crippen LogP contribution in [0, 0.1) is 0 Å². The first-order valence-electron chi connectivity index (χ1n) is 10.1. The SMILES string of the molecule is CCOC(=O)c1ccc(N2C(=O)C[C@H]([NH2+]CCc3c[nH]c4ccccc34)C2=O)cc1. The molecule has 7 heteroatoms. The van der Waals surface area contributed by atoms with E-state index in [1.165, 1.54) is 15.8 Å². The first-order chi connectivity index (χ1) is 14.6. The molecule has 2 amide bonds. The molecule has 0 bridgehead atoms. The highest BCUT2D eigenvalue weighted by Gasteiger charge is 2.42. The fourth-order valence-corrected chi connectivity index (χ4v) is 3.85. The van der Waals surface area contributed by atoms with Crippen LogP contribution in [0.25, 0.3) is 10.9 Å². The van der Waals surface area contributed by atoms with Crippen molar-refractivity contribution in [3.8, 4) is 0 Å². The summed E-state index contributed by atoms with van der Waals surface area (Å²) in [6.07, 6.45) is 2.97. The number of rotatable bonds is 7. The molecule has 1 fully saturated rings. The summed E-state index contributed by atoms with van der Waals surface area (Å²) in [4.78, 5) is 41.5. The van der Waals surface area contributed by atoms with Crippen molar-refractivity contribution in [3.63, 3.8) is 0 Å². The van der Waals surface area contributed by atoms with Gasteiger partial charge in [0.25, 0.3) is 5.91 Å². The lowest BCUT2D eigenvalue weighted by molar-refractivity contribution is -0.674. The molecule has 3 aromatic rings. The molecule has 30 heavy (non-hydrogen) atoms. The van der Waals surface area contributed by atoms with E-state index in [2.05, 4.69) is 11.1 Å². The van der Waals surface area contributed by atoms with Crippen molar-refractivity contribution < 1.29 is 24.4 Å². The Morgan fingerprint density at radius 1 is 1.17 bits per heavy atom. The van der Waals surface area contributed by atoms with Gasteiger partial charge >= 0.3 is 5.97 Å². The number of ether oxygens (including phenoxy) is 1. The summed E-state index contributed by atoms with van der Waals surface area (Å²) in [5.41, 5.74) is 3.16. The molecule has 0 radical (unpaired) electrons. The number of hydrogen-bond acceptors (Lipinski definition) is 4. The molecule has 0 saturated carbocycles. The van der Waals surface area contributed by atoms with Gasteiger partial charge < -0.3 is 15.0 Å².